The fourth-order valence-electron chi connectivity index (χ4n) is 3.31. The number of benzene rings is 3. The second-order valence-corrected chi connectivity index (χ2v) is 9.03. The number of carbonyl (C=O) groups excluding carboxylic acids is 1. The fourth-order valence-corrected chi connectivity index (χ4v) is 4.26. The molecule has 1 N–H and O–H groups in total. The lowest BCUT2D eigenvalue weighted by Gasteiger charge is -2.20. The molecule has 7 nitrogen and oxygen atoms in total. The molecule has 1 atom stereocenters. The van der Waals surface area contributed by atoms with Crippen molar-refractivity contribution in [1.82, 2.24) is 0 Å². The number of ether oxygens (including phenoxy) is 2. The summed E-state index contributed by atoms with van der Waals surface area (Å²) in [4.78, 5) is 12.8. The molecular weight excluding hydrogens is 416 g/mol. The first-order chi connectivity index (χ1) is 14.9. The van der Waals surface area contributed by atoms with Gasteiger partial charge in [0.15, 0.2) is 6.10 Å². The highest BCUT2D eigenvalue weighted by Crippen LogP contribution is 2.34. The maximum atomic E-state index is 12.8. The van der Waals surface area contributed by atoms with Crippen molar-refractivity contribution in [2.45, 2.75) is 12.5 Å². The number of para-hydroxylation sites is 3. The van der Waals surface area contributed by atoms with Crippen LogP contribution >= 0.6 is 0 Å². The summed E-state index contributed by atoms with van der Waals surface area (Å²) in [5, 5.41) is 2.83. The molecule has 0 spiro atoms. The Kier molecular flexibility index (Phi) is 5.81. The molecule has 0 radical (unpaired) electrons. The van der Waals surface area contributed by atoms with Crippen molar-refractivity contribution < 1.29 is 22.7 Å². The van der Waals surface area contributed by atoms with Crippen LogP contribution in [-0.2, 0) is 14.8 Å². The van der Waals surface area contributed by atoms with Gasteiger partial charge in [0.05, 0.1) is 11.9 Å². The van der Waals surface area contributed by atoms with Crippen molar-refractivity contribution in [2.24, 2.45) is 0 Å². The average molecular weight is 439 g/mol. The quantitative estimate of drug-likeness (QED) is 0.650. The molecule has 0 fully saturated rings. The molecule has 0 aromatic heterocycles. The zero-order valence-corrected chi connectivity index (χ0v) is 17.7. The maximum absolute atomic E-state index is 12.8. The van der Waals surface area contributed by atoms with E-state index in [2.05, 4.69) is 5.32 Å². The summed E-state index contributed by atoms with van der Waals surface area (Å²) in [5.41, 5.74) is 1.02. The Morgan fingerprint density at radius 3 is 2.32 bits per heavy atom. The van der Waals surface area contributed by atoms with E-state index in [0.717, 1.165) is 12.0 Å². The molecule has 0 unspecified atom stereocenters. The Hall–Kier alpha value is -3.52. The standard InChI is InChI=1S/C23H22N2O5S/c1-31(27,28)25-16-15-22(30-21-10-6-5-9-20(21)25)23(26)24-17-11-13-19(14-12-17)29-18-7-3-2-4-8-18/h2-14,22H,15-16H2,1H3,(H,24,26)/t22-/m0/s1. The van der Waals surface area contributed by atoms with Crippen LogP contribution in [-0.4, -0.2) is 33.2 Å². The van der Waals surface area contributed by atoms with Crippen LogP contribution in [0, 0.1) is 0 Å². The Morgan fingerprint density at radius 1 is 0.968 bits per heavy atom. The smallest absolute Gasteiger partial charge is 0.265 e. The van der Waals surface area contributed by atoms with E-state index in [-0.39, 0.29) is 18.9 Å². The van der Waals surface area contributed by atoms with Crippen LogP contribution in [0.1, 0.15) is 6.42 Å². The van der Waals surface area contributed by atoms with E-state index in [0.29, 0.717) is 22.9 Å². The largest absolute Gasteiger partial charge is 0.478 e. The van der Waals surface area contributed by atoms with Crippen molar-refractivity contribution >= 4 is 27.3 Å². The summed E-state index contributed by atoms with van der Waals surface area (Å²) < 4.78 is 37.3. The number of rotatable bonds is 5. The summed E-state index contributed by atoms with van der Waals surface area (Å²) in [6, 6.07) is 23.2. The molecule has 0 saturated carbocycles. The van der Waals surface area contributed by atoms with Gasteiger partial charge in [-0.2, -0.15) is 0 Å². The van der Waals surface area contributed by atoms with Crippen LogP contribution in [0.3, 0.4) is 0 Å². The van der Waals surface area contributed by atoms with Crippen LogP contribution in [0.15, 0.2) is 78.9 Å². The van der Waals surface area contributed by atoms with Crippen LogP contribution < -0.4 is 19.1 Å². The van der Waals surface area contributed by atoms with Crippen molar-refractivity contribution in [1.29, 1.82) is 0 Å². The number of amides is 1. The molecule has 1 aliphatic rings. The lowest BCUT2D eigenvalue weighted by molar-refractivity contribution is -0.122. The number of hydrogen-bond acceptors (Lipinski definition) is 5. The highest BCUT2D eigenvalue weighted by atomic mass is 32.2. The van der Waals surface area contributed by atoms with Gasteiger partial charge in [0.1, 0.15) is 17.2 Å². The minimum Gasteiger partial charge on any atom is -0.478 e. The van der Waals surface area contributed by atoms with Crippen molar-refractivity contribution in [3.8, 4) is 17.2 Å². The number of nitrogens with one attached hydrogen (secondary N) is 1. The fraction of sp³-hybridized carbons (Fsp3) is 0.174. The second-order valence-electron chi connectivity index (χ2n) is 7.13. The first-order valence-corrected chi connectivity index (χ1v) is 11.6. The first kappa shape index (κ1) is 20.7. The van der Waals surface area contributed by atoms with E-state index >= 15 is 0 Å². The van der Waals surface area contributed by atoms with Gasteiger partial charge in [-0.15, -0.1) is 0 Å². The Bertz CT molecular complexity index is 1160. The number of anilines is 2. The number of hydrogen-bond donors (Lipinski definition) is 1. The van der Waals surface area contributed by atoms with Gasteiger partial charge in [0.25, 0.3) is 5.91 Å². The van der Waals surface area contributed by atoms with Gasteiger partial charge in [-0.1, -0.05) is 30.3 Å². The molecular formula is C23H22N2O5S. The molecule has 1 heterocycles. The SMILES string of the molecule is CS(=O)(=O)N1CC[C@@H](C(=O)Nc2ccc(Oc3ccccc3)cc2)Oc2ccccc21. The van der Waals surface area contributed by atoms with E-state index in [1.165, 1.54) is 4.31 Å². The number of fused-ring (bicyclic) bond motifs is 1. The molecule has 0 aliphatic carbocycles. The number of carbonyl (C=O) groups is 1. The zero-order valence-electron chi connectivity index (χ0n) is 16.9. The highest BCUT2D eigenvalue weighted by molar-refractivity contribution is 7.92. The van der Waals surface area contributed by atoms with E-state index in [1.54, 1.807) is 48.5 Å². The predicted octanol–water partition coefficient (Wildman–Crippen LogP) is 4.03. The van der Waals surface area contributed by atoms with Crippen molar-refractivity contribution in [2.75, 3.05) is 22.4 Å². The zero-order chi connectivity index (χ0) is 21.8. The van der Waals surface area contributed by atoms with E-state index in [4.69, 9.17) is 9.47 Å². The summed E-state index contributed by atoms with van der Waals surface area (Å²) in [6.07, 6.45) is 0.541. The molecule has 3 aromatic carbocycles. The minimum atomic E-state index is -3.49. The molecule has 3 aromatic rings. The summed E-state index contributed by atoms with van der Waals surface area (Å²) in [7, 11) is -3.49. The van der Waals surface area contributed by atoms with Crippen LogP contribution in [0.5, 0.6) is 17.2 Å². The number of sulfonamides is 1. The van der Waals surface area contributed by atoms with Crippen LogP contribution in [0.4, 0.5) is 11.4 Å². The monoisotopic (exact) mass is 438 g/mol. The maximum Gasteiger partial charge on any atom is 0.265 e. The summed E-state index contributed by atoms with van der Waals surface area (Å²) in [6.45, 7) is 0.151. The summed E-state index contributed by atoms with van der Waals surface area (Å²) in [5.74, 6) is 1.38. The van der Waals surface area contributed by atoms with Gasteiger partial charge in [0, 0.05) is 18.7 Å². The van der Waals surface area contributed by atoms with E-state index in [1.807, 2.05) is 30.3 Å². The third-order valence-electron chi connectivity index (χ3n) is 4.79. The van der Waals surface area contributed by atoms with Gasteiger partial charge in [-0.05, 0) is 48.5 Å². The van der Waals surface area contributed by atoms with Crippen molar-refractivity contribution in [3.63, 3.8) is 0 Å². The molecule has 8 heteroatoms. The normalized spacial score (nSPS) is 15.9. The lowest BCUT2D eigenvalue weighted by Crippen LogP contribution is -2.35. The minimum absolute atomic E-state index is 0.151. The number of nitrogens with zero attached hydrogens (tertiary/aromatic N) is 1. The molecule has 160 valence electrons. The molecule has 31 heavy (non-hydrogen) atoms. The van der Waals surface area contributed by atoms with Crippen molar-refractivity contribution in [3.05, 3.63) is 78.9 Å². The Morgan fingerprint density at radius 2 is 1.61 bits per heavy atom. The molecule has 0 bridgehead atoms. The molecule has 0 saturated heterocycles. The molecule has 4 rings (SSSR count). The Balaban J connectivity index is 1.45. The lowest BCUT2D eigenvalue weighted by atomic mass is 10.2. The second kappa shape index (κ2) is 8.69. The third-order valence-corrected chi connectivity index (χ3v) is 5.97. The predicted molar refractivity (Wildman–Crippen MR) is 119 cm³/mol. The topological polar surface area (TPSA) is 84.9 Å². The van der Waals surface area contributed by atoms with Gasteiger partial charge in [-0.25, -0.2) is 8.42 Å². The van der Waals surface area contributed by atoms with Gasteiger partial charge in [0.2, 0.25) is 10.0 Å². The first-order valence-electron chi connectivity index (χ1n) is 9.77. The van der Waals surface area contributed by atoms with Gasteiger partial charge >= 0.3 is 0 Å². The van der Waals surface area contributed by atoms with Crippen LogP contribution in [0.2, 0.25) is 0 Å². The van der Waals surface area contributed by atoms with Gasteiger partial charge < -0.3 is 14.8 Å². The van der Waals surface area contributed by atoms with Gasteiger partial charge in [-0.3, -0.25) is 9.10 Å². The van der Waals surface area contributed by atoms with E-state index in [9.17, 15) is 13.2 Å². The third kappa shape index (κ3) is 4.97. The van der Waals surface area contributed by atoms with E-state index < -0.39 is 16.1 Å². The Labute approximate surface area is 181 Å². The molecule has 1 amide bonds. The van der Waals surface area contributed by atoms with Crippen LogP contribution in [0.25, 0.3) is 0 Å². The molecule has 1 aliphatic heterocycles. The average Bonchev–Trinajstić information content (AvgIpc) is 2.96. The summed E-state index contributed by atoms with van der Waals surface area (Å²) >= 11 is 0. The highest BCUT2D eigenvalue weighted by Gasteiger charge is 2.31.